The molecule has 0 aliphatic rings. The van der Waals surface area contributed by atoms with Crippen LogP contribution >= 0.6 is 11.6 Å². The van der Waals surface area contributed by atoms with Gasteiger partial charge in [-0.25, -0.2) is 4.98 Å². The Labute approximate surface area is 125 Å². The van der Waals surface area contributed by atoms with E-state index in [1.807, 2.05) is 6.20 Å². The van der Waals surface area contributed by atoms with Crippen molar-refractivity contribution in [1.82, 2.24) is 39.5 Å². The van der Waals surface area contributed by atoms with Gasteiger partial charge in [0, 0.05) is 31.7 Å². The second-order valence-corrected chi connectivity index (χ2v) is 4.48. The van der Waals surface area contributed by atoms with Crippen molar-refractivity contribution < 1.29 is 0 Å². The molecule has 0 saturated heterocycles. The van der Waals surface area contributed by atoms with Crippen LogP contribution in [-0.4, -0.2) is 46.0 Å². The molecule has 0 radical (unpaired) electrons. The Morgan fingerprint density at radius 1 is 1.14 bits per heavy atom. The summed E-state index contributed by atoms with van der Waals surface area (Å²) in [7, 11) is 0. The lowest BCUT2D eigenvalue weighted by molar-refractivity contribution is 0.569. The number of aryl methyl sites for hydroxylation is 1. The number of nitrogens with one attached hydrogen (secondary N) is 1. The van der Waals surface area contributed by atoms with Crippen molar-refractivity contribution in [2.45, 2.75) is 13.0 Å². The van der Waals surface area contributed by atoms with Gasteiger partial charge in [0.2, 0.25) is 17.2 Å². The highest BCUT2D eigenvalue weighted by molar-refractivity contribution is 6.28. The Morgan fingerprint density at radius 3 is 2.86 bits per heavy atom. The van der Waals surface area contributed by atoms with Crippen LogP contribution in [0.2, 0.25) is 5.28 Å². The predicted octanol–water partition coefficient (Wildman–Crippen LogP) is 0.804. The highest BCUT2D eigenvalue weighted by Gasteiger charge is 2.06. The number of nitrogens with zero attached hydrogens (tertiary/aromatic N) is 8. The smallest absolute Gasteiger partial charge is 0.241 e. The average Bonchev–Trinajstić information content (AvgIpc) is 3.16. The number of aromatic nitrogens is 8. The molecule has 0 atom stereocenters. The summed E-state index contributed by atoms with van der Waals surface area (Å²) in [6.45, 7) is 1.45. The van der Waals surface area contributed by atoms with E-state index in [0.29, 0.717) is 18.4 Å². The molecule has 0 unspecified atom stereocenters. The number of hydrogen-bond acceptors (Lipinski definition) is 7. The van der Waals surface area contributed by atoms with Crippen LogP contribution < -0.4 is 5.32 Å². The van der Waals surface area contributed by atoms with E-state index in [1.54, 1.807) is 34.2 Å². The molecule has 0 aromatic carbocycles. The van der Waals surface area contributed by atoms with Gasteiger partial charge >= 0.3 is 0 Å². The minimum absolute atomic E-state index is 0.132. The van der Waals surface area contributed by atoms with Crippen molar-refractivity contribution in [2.75, 3.05) is 11.9 Å². The Kier molecular flexibility index (Phi) is 4.01. The molecule has 108 valence electrons. The molecule has 3 aromatic heterocycles. The van der Waals surface area contributed by atoms with Crippen molar-refractivity contribution in [1.29, 1.82) is 0 Å². The lowest BCUT2D eigenvalue weighted by Crippen LogP contribution is -2.11. The first-order valence-electron chi connectivity index (χ1n) is 6.29. The fraction of sp³-hybridized carbons (Fsp3) is 0.273. The Hall–Kier alpha value is -2.55. The summed E-state index contributed by atoms with van der Waals surface area (Å²) in [6.07, 6.45) is 9.30. The zero-order valence-electron chi connectivity index (χ0n) is 11.0. The highest BCUT2D eigenvalue weighted by atomic mass is 35.5. The van der Waals surface area contributed by atoms with Gasteiger partial charge in [-0.2, -0.15) is 15.0 Å². The SMILES string of the molecule is Clc1nc(NCCCn2ccnn2)nc(-n2ccnc2)n1. The zero-order valence-corrected chi connectivity index (χ0v) is 11.7. The third-order valence-corrected chi connectivity index (χ3v) is 2.82. The largest absolute Gasteiger partial charge is 0.354 e. The molecule has 10 heteroatoms. The second-order valence-electron chi connectivity index (χ2n) is 4.14. The third-order valence-electron chi connectivity index (χ3n) is 2.65. The molecule has 0 fully saturated rings. The molecule has 0 spiro atoms. The second kappa shape index (κ2) is 6.27. The van der Waals surface area contributed by atoms with Gasteiger partial charge in [0.25, 0.3) is 0 Å². The molecule has 0 bridgehead atoms. The lowest BCUT2D eigenvalue weighted by atomic mass is 10.4. The summed E-state index contributed by atoms with van der Waals surface area (Å²) in [5, 5.41) is 10.9. The van der Waals surface area contributed by atoms with Gasteiger partial charge in [-0.15, -0.1) is 5.10 Å². The lowest BCUT2D eigenvalue weighted by Gasteiger charge is -2.07. The first-order valence-corrected chi connectivity index (χ1v) is 6.67. The first kappa shape index (κ1) is 13.4. The number of hydrogen-bond donors (Lipinski definition) is 1. The van der Waals surface area contributed by atoms with Crippen LogP contribution in [0.1, 0.15) is 6.42 Å². The summed E-state index contributed by atoms with van der Waals surface area (Å²) in [4.78, 5) is 16.3. The van der Waals surface area contributed by atoms with Crippen LogP contribution in [-0.2, 0) is 6.54 Å². The Morgan fingerprint density at radius 2 is 2.10 bits per heavy atom. The number of imidazole rings is 1. The molecule has 21 heavy (non-hydrogen) atoms. The maximum atomic E-state index is 5.90. The molecule has 0 amide bonds. The van der Waals surface area contributed by atoms with E-state index in [-0.39, 0.29) is 5.28 Å². The first-order chi connectivity index (χ1) is 10.3. The van der Waals surface area contributed by atoms with E-state index in [4.69, 9.17) is 11.6 Å². The molecule has 9 nitrogen and oxygen atoms in total. The van der Waals surface area contributed by atoms with E-state index in [9.17, 15) is 0 Å². The van der Waals surface area contributed by atoms with Gasteiger partial charge in [-0.1, -0.05) is 5.21 Å². The van der Waals surface area contributed by atoms with E-state index in [2.05, 4.69) is 35.6 Å². The van der Waals surface area contributed by atoms with Crippen LogP contribution in [0.3, 0.4) is 0 Å². The van der Waals surface area contributed by atoms with Crippen molar-refractivity contribution >= 4 is 17.5 Å². The fourth-order valence-corrected chi connectivity index (χ4v) is 1.86. The van der Waals surface area contributed by atoms with Gasteiger partial charge in [0.05, 0.1) is 6.20 Å². The summed E-state index contributed by atoms with van der Waals surface area (Å²) < 4.78 is 3.42. The number of rotatable bonds is 6. The quantitative estimate of drug-likeness (QED) is 0.672. The Balaban J connectivity index is 1.60. The van der Waals surface area contributed by atoms with Crippen molar-refractivity contribution in [3.63, 3.8) is 0 Å². The fourth-order valence-electron chi connectivity index (χ4n) is 1.70. The maximum Gasteiger partial charge on any atom is 0.241 e. The normalized spacial score (nSPS) is 10.7. The topological polar surface area (TPSA) is 99.2 Å². The standard InChI is InChI=1S/C11H12ClN9/c12-9-16-10(14-2-1-5-21-7-4-15-19-21)18-11(17-9)20-6-3-13-8-20/h3-4,6-8H,1-2,5H2,(H,14,16,17,18). The molecule has 0 aliphatic carbocycles. The minimum Gasteiger partial charge on any atom is -0.354 e. The molecular formula is C11H12ClN9. The third kappa shape index (κ3) is 3.51. The van der Waals surface area contributed by atoms with E-state index in [0.717, 1.165) is 13.0 Å². The van der Waals surface area contributed by atoms with Crippen molar-refractivity contribution in [3.05, 3.63) is 36.4 Å². The van der Waals surface area contributed by atoms with Gasteiger partial charge < -0.3 is 5.32 Å². The van der Waals surface area contributed by atoms with Crippen LogP contribution in [0.4, 0.5) is 5.95 Å². The van der Waals surface area contributed by atoms with Crippen LogP contribution in [0.15, 0.2) is 31.1 Å². The molecule has 3 aromatic rings. The molecule has 0 aliphatic heterocycles. The number of halogens is 1. The average molecular weight is 306 g/mol. The van der Waals surface area contributed by atoms with Crippen molar-refractivity contribution in [3.8, 4) is 5.95 Å². The van der Waals surface area contributed by atoms with Crippen LogP contribution in [0, 0.1) is 0 Å². The summed E-state index contributed by atoms with van der Waals surface area (Å²) in [5.41, 5.74) is 0. The zero-order chi connectivity index (χ0) is 14.5. The van der Waals surface area contributed by atoms with Gasteiger partial charge in [0.15, 0.2) is 0 Å². The molecular weight excluding hydrogens is 294 g/mol. The molecule has 1 N–H and O–H groups in total. The maximum absolute atomic E-state index is 5.90. The highest BCUT2D eigenvalue weighted by Crippen LogP contribution is 2.09. The van der Waals surface area contributed by atoms with E-state index >= 15 is 0 Å². The van der Waals surface area contributed by atoms with Crippen LogP contribution in [0.5, 0.6) is 0 Å². The minimum atomic E-state index is 0.132. The van der Waals surface area contributed by atoms with Gasteiger partial charge in [-0.05, 0) is 18.0 Å². The van der Waals surface area contributed by atoms with Crippen molar-refractivity contribution in [2.24, 2.45) is 0 Å². The predicted molar refractivity (Wildman–Crippen MR) is 75.1 cm³/mol. The summed E-state index contributed by atoms with van der Waals surface area (Å²) >= 11 is 5.90. The Bertz CT molecular complexity index is 680. The van der Waals surface area contributed by atoms with E-state index in [1.165, 1.54) is 0 Å². The molecule has 0 saturated carbocycles. The van der Waals surface area contributed by atoms with Gasteiger partial charge in [-0.3, -0.25) is 9.25 Å². The van der Waals surface area contributed by atoms with Crippen LogP contribution in [0.25, 0.3) is 5.95 Å². The van der Waals surface area contributed by atoms with E-state index < -0.39 is 0 Å². The monoisotopic (exact) mass is 305 g/mol. The summed E-state index contributed by atoms with van der Waals surface area (Å²) in [6, 6.07) is 0. The van der Waals surface area contributed by atoms with Gasteiger partial charge in [0.1, 0.15) is 6.33 Å². The number of anilines is 1. The molecule has 3 rings (SSSR count). The molecule has 3 heterocycles. The summed E-state index contributed by atoms with van der Waals surface area (Å²) in [5.74, 6) is 0.851.